The molecule has 0 bridgehead atoms. The molecule has 1 fully saturated rings. The van der Waals surface area contributed by atoms with Crippen molar-refractivity contribution in [2.75, 3.05) is 19.6 Å². The number of carbonyl (C=O) groups is 2. The molecule has 0 spiro atoms. The number of hydrogen-bond acceptors (Lipinski definition) is 4. The number of nitrogens with one attached hydrogen (secondary N) is 2. The smallest absolute Gasteiger partial charge is 0.317 e. The molecule has 3 amide bonds. The SMILES string of the molecule is Cc1cccnc1C(NC(=O)C1CCN(C(=O)NCCc2ccccc2)CC1)c1cccs1. The van der Waals surface area contributed by atoms with Crippen molar-refractivity contribution in [1.82, 2.24) is 20.5 Å². The number of urea groups is 1. The van der Waals surface area contributed by atoms with E-state index >= 15 is 0 Å². The summed E-state index contributed by atoms with van der Waals surface area (Å²) in [4.78, 5) is 33.1. The first-order valence-electron chi connectivity index (χ1n) is 11.4. The molecule has 1 aromatic carbocycles. The fourth-order valence-corrected chi connectivity index (χ4v) is 4.98. The Kier molecular flexibility index (Phi) is 7.73. The van der Waals surface area contributed by atoms with Crippen LogP contribution in [0.3, 0.4) is 0 Å². The maximum Gasteiger partial charge on any atom is 0.317 e. The molecule has 3 heterocycles. The van der Waals surface area contributed by atoms with E-state index in [9.17, 15) is 9.59 Å². The number of hydrogen-bond donors (Lipinski definition) is 2. The summed E-state index contributed by atoms with van der Waals surface area (Å²) >= 11 is 1.62. The summed E-state index contributed by atoms with van der Waals surface area (Å²) < 4.78 is 0. The Morgan fingerprint density at radius 2 is 1.88 bits per heavy atom. The molecule has 4 rings (SSSR count). The molecule has 1 aliphatic heterocycles. The maximum absolute atomic E-state index is 13.1. The fourth-order valence-electron chi connectivity index (χ4n) is 4.21. The van der Waals surface area contributed by atoms with E-state index in [0.717, 1.165) is 22.6 Å². The van der Waals surface area contributed by atoms with Gasteiger partial charge in [-0.05, 0) is 54.8 Å². The van der Waals surface area contributed by atoms with E-state index in [-0.39, 0.29) is 23.9 Å². The Balaban J connectivity index is 1.29. The third kappa shape index (κ3) is 5.99. The minimum atomic E-state index is -0.252. The number of pyridine rings is 1. The summed E-state index contributed by atoms with van der Waals surface area (Å²) in [7, 11) is 0. The molecule has 0 aliphatic carbocycles. The van der Waals surface area contributed by atoms with Gasteiger partial charge in [-0.3, -0.25) is 9.78 Å². The van der Waals surface area contributed by atoms with Gasteiger partial charge in [0.2, 0.25) is 5.91 Å². The summed E-state index contributed by atoms with van der Waals surface area (Å²) in [6.45, 7) is 3.79. The van der Waals surface area contributed by atoms with Crippen LogP contribution in [0.25, 0.3) is 0 Å². The van der Waals surface area contributed by atoms with Gasteiger partial charge < -0.3 is 15.5 Å². The highest BCUT2D eigenvalue weighted by Gasteiger charge is 2.30. The fraction of sp³-hybridized carbons (Fsp3) is 0.346. The summed E-state index contributed by atoms with van der Waals surface area (Å²) in [5.74, 6) is -0.0764. The summed E-state index contributed by atoms with van der Waals surface area (Å²) in [6.07, 6.45) is 3.90. The van der Waals surface area contributed by atoms with Crippen molar-refractivity contribution in [1.29, 1.82) is 0 Å². The summed E-state index contributed by atoms with van der Waals surface area (Å²) in [5, 5.41) is 8.25. The Hall–Kier alpha value is -3.19. The van der Waals surface area contributed by atoms with Crippen LogP contribution in [-0.2, 0) is 11.2 Å². The predicted molar refractivity (Wildman–Crippen MR) is 131 cm³/mol. The van der Waals surface area contributed by atoms with Gasteiger partial charge in [0, 0.05) is 36.6 Å². The molecule has 6 nitrogen and oxygen atoms in total. The van der Waals surface area contributed by atoms with Crippen molar-refractivity contribution in [3.8, 4) is 0 Å². The van der Waals surface area contributed by atoms with Crippen LogP contribution in [0.15, 0.2) is 66.2 Å². The van der Waals surface area contributed by atoms with Crippen LogP contribution in [0.4, 0.5) is 4.79 Å². The average Bonchev–Trinajstić information content (AvgIpc) is 3.38. The number of nitrogens with zero attached hydrogens (tertiary/aromatic N) is 2. The van der Waals surface area contributed by atoms with E-state index in [1.54, 1.807) is 17.5 Å². The van der Waals surface area contributed by atoms with Crippen LogP contribution >= 0.6 is 11.3 Å². The monoisotopic (exact) mass is 462 g/mol. The lowest BCUT2D eigenvalue weighted by molar-refractivity contribution is -0.126. The molecule has 1 atom stereocenters. The van der Waals surface area contributed by atoms with Gasteiger partial charge in [-0.1, -0.05) is 42.5 Å². The quantitative estimate of drug-likeness (QED) is 0.549. The summed E-state index contributed by atoms with van der Waals surface area (Å²) in [5.41, 5.74) is 3.14. The predicted octanol–water partition coefficient (Wildman–Crippen LogP) is 4.32. The number of aromatic nitrogens is 1. The van der Waals surface area contributed by atoms with Crippen molar-refractivity contribution in [2.24, 2.45) is 5.92 Å². The Labute approximate surface area is 199 Å². The molecule has 172 valence electrons. The average molecular weight is 463 g/mol. The number of aryl methyl sites for hydroxylation is 1. The van der Waals surface area contributed by atoms with E-state index in [4.69, 9.17) is 0 Å². The lowest BCUT2D eigenvalue weighted by atomic mass is 9.95. The van der Waals surface area contributed by atoms with Gasteiger partial charge in [0.1, 0.15) is 6.04 Å². The van der Waals surface area contributed by atoms with Crippen LogP contribution in [0.1, 0.15) is 40.6 Å². The standard InChI is InChI=1S/C26H30N4O2S/c1-19-7-5-14-27-23(19)24(22-10-6-18-33-22)29-25(31)21-12-16-30(17-13-21)26(32)28-15-11-20-8-3-2-4-9-20/h2-10,14,18,21,24H,11-13,15-17H2,1H3,(H,28,32)(H,29,31). The molecule has 7 heteroatoms. The van der Waals surface area contributed by atoms with E-state index in [2.05, 4.69) is 27.8 Å². The lowest BCUT2D eigenvalue weighted by Crippen LogP contribution is -2.47. The Morgan fingerprint density at radius 3 is 2.58 bits per heavy atom. The van der Waals surface area contributed by atoms with Crippen molar-refractivity contribution in [3.63, 3.8) is 0 Å². The molecule has 33 heavy (non-hydrogen) atoms. The van der Waals surface area contributed by atoms with E-state index in [1.165, 1.54) is 5.56 Å². The number of piperidine rings is 1. The second-order valence-electron chi connectivity index (χ2n) is 8.39. The third-order valence-corrected chi connectivity index (χ3v) is 7.06. The zero-order valence-corrected chi connectivity index (χ0v) is 19.7. The van der Waals surface area contributed by atoms with Gasteiger partial charge >= 0.3 is 6.03 Å². The Bertz CT molecular complexity index is 1050. The van der Waals surface area contributed by atoms with Crippen molar-refractivity contribution >= 4 is 23.3 Å². The molecule has 2 N–H and O–H groups in total. The number of amides is 3. The molecule has 1 saturated heterocycles. The minimum Gasteiger partial charge on any atom is -0.343 e. The first-order chi connectivity index (χ1) is 16.1. The number of carbonyl (C=O) groups excluding carboxylic acids is 2. The van der Waals surface area contributed by atoms with Crippen LogP contribution in [0, 0.1) is 12.8 Å². The molecule has 1 unspecified atom stereocenters. The number of thiophene rings is 1. The van der Waals surface area contributed by atoms with Crippen LogP contribution in [0.5, 0.6) is 0 Å². The minimum absolute atomic E-state index is 0.0302. The molecular formula is C26H30N4O2S. The summed E-state index contributed by atoms with van der Waals surface area (Å²) in [6, 6.07) is 17.8. The van der Waals surface area contributed by atoms with E-state index < -0.39 is 0 Å². The second-order valence-corrected chi connectivity index (χ2v) is 9.37. The number of benzene rings is 1. The highest BCUT2D eigenvalue weighted by molar-refractivity contribution is 7.10. The van der Waals surface area contributed by atoms with E-state index in [0.29, 0.717) is 32.5 Å². The number of likely N-dealkylation sites (tertiary alicyclic amines) is 1. The van der Waals surface area contributed by atoms with Gasteiger partial charge in [-0.15, -0.1) is 11.3 Å². The first-order valence-corrected chi connectivity index (χ1v) is 12.3. The van der Waals surface area contributed by atoms with Crippen molar-refractivity contribution < 1.29 is 9.59 Å². The molecular weight excluding hydrogens is 432 g/mol. The van der Waals surface area contributed by atoms with Gasteiger partial charge in [-0.25, -0.2) is 4.79 Å². The zero-order chi connectivity index (χ0) is 23.0. The molecule has 1 aliphatic rings. The van der Waals surface area contributed by atoms with Crippen molar-refractivity contribution in [3.05, 3.63) is 87.9 Å². The maximum atomic E-state index is 13.1. The van der Waals surface area contributed by atoms with Crippen LogP contribution in [0.2, 0.25) is 0 Å². The van der Waals surface area contributed by atoms with E-state index in [1.807, 2.05) is 59.7 Å². The van der Waals surface area contributed by atoms with Crippen LogP contribution < -0.4 is 10.6 Å². The highest BCUT2D eigenvalue weighted by atomic mass is 32.1. The topological polar surface area (TPSA) is 74.3 Å². The largest absolute Gasteiger partial charge is 0.343 e. The third-order valence-electron chi connectivity index (χ3n) is 6.12. The second kappa shape index (κ2) is 11.1. The molecule has 2 aromatic heterocycles. The van der Waals surface area contributed by atoms with Gasteiger partial charge in [-0.2, -0.15) is 0 Å². The van der Waals surface area contributed by atoms with Gasteiger partial charge in [0.15, 0.2) is 0 Å². The molecule has 0 radical (unpaired) electrons. The van der Waals surface area contributed by atoms with Gasteiger partial charge in [0.25, 0.3) is 0 Å². The Morgan fingerprint density at radius 1 is 1.09 bits per heavy atom. The molecule has 3 aromatic rings. The normalized spacial score (nSPS) is 15.1. The van der Waals surface area contributed by atoms with Crippen molar-refractivity contribution in [2.45, 2.75) is 32.2 Å². The highest BCUT2D eigenvalue weighted by Crippen LogP contribution is 2.28. The van der Waals surface area contributed by atoms with Crippen LogP contribution in [-0.4, -0.2) is 41.5 Å². The zero-order valence-electron chi connectivity index (χ0n) is 18.9. The molecule has 0 saturated carbocycles. The first kappa shape index (κ1) is 23.0. The van der Waals surface area contributed by atoms with Gasteiger partial charge in [0.05, 0.1) is 5.69 Å². The number of rotatable bonds is 7. The lowest BCUT2D eigenvalue weighted by Gasteiger charge is -2.32.